The third-order valence-corrected chi connectivity index (χ3v) is 3.38. The highest BCUT2D eigenvalue weighted by atomic mass is 16.4. The predicted molar refractivity (Wildman–Crippen MR) is 83.1 cm³/mol. The molecule has 116 valence electrons. The molecular formula is C16H24N2O3. The molecule has 0 fully saturated rings. The molecule has 0 spiro atoms. The first kappa shape index (κ1) is 17.2. The lowest BCUT2D eigenvalue weighted by Gasteiger charge is -2.27. The highest BCUT2D eigenvalue weighted by Crippen LogP contribution is 2.19. The summed E-state index contributed by atoms with van der Waals surface area (Å²) >= 11 is 0. The van der Waals surface area contributed by atoms with Gasteiger partial charge in [0.15, 0.2) is 0 Å². The first-order valence-electron chi connectivity index (χ1n) is 7.38. The minimum absolute atomic E-state index is 0.0176. The molecule has 3 N–H and O–H groups in total. The van der Waals surface area contributed by atoms with Crippen LogP contribution in [0.3, 0.4) is 0 Å². The highest BCUT2D eigenvalue weighted by molar-refractivity contribution is 5.95. The van der Waals surface area contributed by atoms with Gasteiger partial charge in [0, 0.05) is 25.2 Å². The van der Waals surface area contributed by atoms with E-state index in [1.54, 1.807) is 4.90 Å². The van der Waals surface area contributed by atoms with Crippen molar-refractivity contribution < 1.29 is 14.7 Å². The molecule has 0 radical (unpaired) electrons. The number of carboxylic acids is 1. The van der Waals surface area contributed by atoms with Crippen molar-refractivity contribution in [2.24, 2.45) is 11.7 Å². The number of benzene rings is 1. The van der Waals surface area contributed by atoms with E-state index >= 15 is 0 Å². The lowest BCUT2D eigenvalue weighted by Crippen LogP contribution is -2.40. The number of carbonyl (C=O) groups is 2. The SMILES string of the molecule is CCCC(CN)C(=O)N(CCCC(=O)O)c1ccccc1. The van der Waals surface area contributed by atoms with Gasteiger partial charge >= 0.3 is 5.97 Å². The Kier molecular flexibility index (Phi) is 7.46. The van der Waals surface area contributed by atoms with Crippen LogP contribution in [0.15, 0.2) is 30.3 Å². The number of aliphatic carboxylic acids is 1. The second-order valence-electron chi connectivity index (χ2n) is 5.04. The van der Waals surface area contributed by atoms with Crippen molar-refractivity contribution in [1.29, 1.82) is 0 Å². The topological polar surface area (TPSA) is 83.6 Å². The summed E-state index contributed by atoms with van der Waals surface area (Å²) in [7, 11) is 0. The van der Waals surface area contributed by atoms with Gasteiger partial charge in [-0.05, 0) is 25.0 Å². The van der Waals surface area contributed by atoms with E-state index < -0.39 is 5.97 Å². The van der Waals surface area contributed by atoms with Gasteiger partial charge in [0.1, 0.15) is 0 Å². The Morgan fingerprint density at radius 2 is 1.95 bits per heavy atom. The van der Waals surface area contributed by atoms with Gasteiger partial charge < -0.3 is 15.7 Å². The van der Waals surface area contributed by atoms with Crippen molar-refractivity contribution in [3.63, 3.8) is 0 Å². The molecule has 5 heteroatoms. The van der Waals surface area contributed by atoms with E-state index in [0.717, 1.165) is 18.5 Å². The first-order valence-corrected chi connectivity index (χ1v) is 7.38. The normalized spacial score (nSPS) is 11.9. The monoisotopic (exact) mass is 292 g/mol. The number of nitrogens with two attached hydrogens (primary N) is 1. The van der Waals surface area contributed by atoms with Crippen LogP contribution < -0.4 is 10.6 Å². The van der Waals surface area contributed by atoms with Crippen LogP contribution in [0, 0.1) is 5.92 Å². The molecule has 1 atom stereocenters. The summed E-state index contributed by atoms with van der Waals surface area (Å²) < 4.78 is 0. The van der Waals surface area contributed by atoms with E-state index in [4.69, 9.17) is 10.8 Å². The molecule has 0 aliphatic rings. The second-order valence-corrected chi connectivity index (χ2v) is 5.04. The van der Waals surface area contributed by atoms with E-state index in [2.05, 4.69) is 0 Å². The van der Waals surface area contributed by atoms with Crippen LogP contribution >= 0.6 is 0 Å². The molecule has 1 unspecified atom stereocenters. The zero-order valence-electron chi connectivity index (χ0n) is 12.5. The second kappa shape index (κ2) is 9.13. The lowest BCUT2D eigenvalue weighted by molar-refractivity contribution is -0.137. The van der Waals surface area contributed by atoms with Crippen LogP contribution in [0.4, 0.5) is 5.69 Å². The fraction of sp³-hybridized carbons (Fsp3) is 0.500. The fourth-order valence-electron chi connectivity index (χ4n) is 2.27. The van der Waals surface area contributed by atoms with Crippen LogP contribution in [-0.4, -0.2) is 30.1 Å². The van der Waals surface area contributed by atoms with Crippen LogP contribution in [0.2, 0.25) is 0 Å². The van der Waals surface area contributed by atoms with Gasteiger partial charge in [-0.3, -0.25) is 9.59 Å². The van der Waals surface area contributed by atoms with E-state index in [0.29, 0.717) is 19.5 Å². The summed E-state index contributed by atoms with van der Waals surface area (Å²) in [6, 6.07) is 9.33. The molecular weight excluding hydrogens is 268 g/mol. The molecule has 1 aromatic rings. The molecule has 1 aromatic carbocycles. The van der Waals surface area contributed by atoms with Crippen molar-refractivity contribution in [1.82, 2.24) is 0 Å². The van der Waals surface area contributed by atoms with Gasteiger partial charge in [-0.25, -0.2) is 0 Å². The van der Waals surface area contributed by atoms with E-state index in [1.165, 1.54) is 0 Å². The Labute approximate surface area is 125 Å². The largest absolute Gasteiger partial charge is 0.481 e. The maximum atomic E-state index is 12.6. The van der Waals surface area contributed by atoms with Gasteiger partial charge in [-0.2, -0.15) is 0 Å². The molecule has 0 saturated heterocycles. The number of nitrogens with zero attached hydrogens (tertiary/aromatic N) is 1. The zero-order chi connectivity index (χ0) is 15.7. The number of carboxylic acid groups (broad SMARTS) is 1. The van der Waals surface area contributed by atoms with Crippen LogP contribution in [0.5, 0.6) is 0 Å². The zero-order valence-corrected chi connectivity index (χ0v) is 12.5. The van der Waals surface area contributed by atoms with Crippen molar-refractivity contribution in [3.05, 3.63) is 30.3 Å². The molecule has 0 heterocycles. The Bertz CT molecular complexity index is 448. The maximum absolute atomic E-state index is 12.6. The van der Waals surface area contributed by atoms with Crippen molar-refractivity contribution >= 4 is 17.6 Å². The summed E-state index contributed by atoms with van der Waals surface area (Å²) in [4.78, 5) is 25.0. The average Bonchev–Trinajstić information content (AvgIpc) is 2.49. The Morgan fingerprint density at radius 3 is 2.48 bits per heavy atom. The van der Waals surface area contributed by atoms with E-state index in [1.807, 2.05) is 37.3 Å². The average molecular weight is 292 g/mol. The minimum atomic E-state index is -0.848. The summed E-state index contributed by atoms with van der Waals surface area (Å²) in [5, 5.41) is 8.75. The lowest BCUT2D eigenvalue weighted by atomic mass is 10.0. The fourth-order valence-corrected chi connectivity index (χ4v) is 2.27. The number of para-hydroxylation sites is 1. The molecule has 0 aliphatic carbocycles. The Hall–Kier alpha value is -1.88. The Morgan fingerprint density at radius 1 is 1.29 bits per heavy atom. The molecule has 1 amide bonds. The smallest absolute Gasteiger partial charge is 0.303 e. The quantitative estimate of drug-likeness (QED) is 0.731. The van der Waals surface area contributed by atoms with E-state index in [-0.39, 0.29) is 18.2 Å². The van der Waals surface area contributed by atoms with Crippen LogP contribution in [-0.2, 0) is 9.59 Å². The van der Waals surface area contributed by atoms with Crippen molar-refractivity contribution in [2.75, 3.05) is 18.0 Å². The molecule has 1 rings (SSSR count). The summed E-state index contributed by atoms with van der Waals surface area (Å²) in [6.45, 7) is 2.73. The van der Waals surface area contributed by atoms with Gasteiger partial charge in [-0.1, -0.05) is 31.5 Å². The minimum Gasteiger partial charge on any atom is -0.481 e. The molecule has 21 heavy (non-hydrogen) atoms. The van der Waals surface area contributed by atoms with Gasteiger partial charge in [-0.15, -0.1) is 0 Å². The van der Waals surface area contributed by atoms with E-state index in [9.17, 15) is 9.59 Å². The van der Waals surface area contributed by atoms with Crippen molar-refractivity contribution in [2.45, 2.75) is 32.6 Å². The number of hydrogen-bond donors (Lipinski definition) is 2. The number of carbonyl (C=O) groups excluding carboxylic acids is 1. The highest BCUT2D eigenvalue weighted by Gasteiger charge is 2.23. The number of anilines is 1. The first-order chi connectivity index (χ1) is 10.1. The predicted octanol–water partition coefficient (Wildman–Crippen LogP) is 2.26. The maximum Gasteiger partial charge on any atom is 0.303 e. The van der Waals surface area contributed by atoms with Crippen LogP contribution in [0.1, 0.15) is 32.6 Å². The molecule has 5 nitrogen and oxygen atoms in total. The Balaban J connectivity index is 2.85. The number of rotatable bonds is 9. The summed E-state index contributed by atoms with van der Waals surface area (Å²) in [5.41, 5.74) is 6.50. The van der Waals surface area contributed by atoms with Crippen molar-refractivity contribution in [3.8, 4) is 0 Å². The van der Waals surface area contributed by atoms with Gasteiger partial charge in [0.25, 0.3) is 0 Å². The third kappa shape index (κ3) is 5.55. The number of hydrogen-bond acceptors (Lipinski definition) is 3. The number of amides is 1. The van der Waals surface area contributed by atoms with Gasteiger partial charge in [0.2, 0.25) is 5.91 Å². The van der Waals surface area contributed by atoms with Crippen LogP contribution in [0.25, 0.3) is 0 Å². The summed E-state index contributed by atoms with van der Waals surface area (Å²) in [6.07, 6.45) is 2.13. The van der Waals surface area contributed by atoms with Gasteiger partial charge in [0.05, 0.1) is 5.92 Å². The molecule has 0 aromatic heterocycles. The molecule has 0 aliphatic heterocycles. The summed E-state index contributed by atoms with van der Waals surface area (Å²) in [5.74, 6) is -1.07. The molecule has 0 bridgehead atoms. The third-order valence-electron chi connectivity index (χ3n) is 3.38. The standard InChI is InChI=1S/C16H24N2O3/c1-2-7-13(12-17)16(21)18(11-6-10-15(19)20)14-8-4-3-5-9-14/h3-5,8-9,13H,2,6-7,10-12,17H2,1H3,(H,19,20). The molecule has 0 saturated carbocycles.